The molecule has 0 aromatic heterocycles. The number of rotatable bonds is 7. The predicted octanol–water partition coefficient (Wildman–Crippen LogP) is 4.14. The van der Waals surface area contributed by atoms with Crippen molar-refractivity contribution >= 4 is 29.1 Å². The van der Waals surface area contributed by atoms with Crippen LogP contribution in [0.3, 0.4) is 0 Å². The van der Waals surface area contributed by atoms with Crippen LogP contribution in [0.2, 0.25) is 0 Å². The van der Waals surface area contributed by atoms with Gasteiger partial charge in [-0.25, -0.2) is 0 Å². The van der Waals surface area contributed by atoms with E-state index in [1.165, 1.54) is 0 Å². The summed E-state index contributed by atoms with van der Waals surface area (Å²) in [5.74, 6) is -0.645. The Labute approximate surface area is 177 Å². The minimum atomic E-state index is -0.332. The maximum atomic E-state index is 12.5. The van der Waals surface area contributed by atoms with Gasteiger partial charge in [0.2, 0.25) is 11.8 Å². The SMILES string of the molecule is CCCCN1C[C@H](C(=O)Nc2ccc(C(=O)Nc3cc(C)ccc3C)cc2)CC1=O. The van der Waals surface area contributed by atoms with Crippen LogP contribution in [-0.4, -0.2) is 35.7 Å². The van der Waals surface area contributed by atoms with E-state index in [-0.39, 0.29) is 30.1 Å². The molecule has 2 N–H and O–H groups in total. The third-order valence-corrected chi connectivity index (χ3v) is 5.42. The summed E-state index contributed by atoms with van der Waals surface area (Å²) in [4.78, 5) is 38.9. The molecule has 6 heteroatoms. The van der Waals surface area contributed by atoms with Crippen LogP contribution in [0.1, 0.15) is 47.7 Å². The molecule has 30 heavy (non-hydrogen) atoms. The van der Waals surface area contributed by atoms with E-state index in [1.54, 1.807) is 29.2 Å². The van der Waals surface area contributed by atoms with Crippen molar-refractivity contribution in [1.29, 1.82) is 0 Å². The first-order chi connectivity index (χ1) is 14.4. The first-order valence-electron chi connectivity index (χ1n) is 10.4. The van der Waals surface area contributed by atoms with Crippen molar-refractivity contribution in [1.82, 2.24) is 4.90 Å². The first-order valence-corrected chi connectivity index (χ1v) is 10.4. The summed E-state index contributed by atoms with van der Waals surface area (Å²) in [6.45, 7) is 7.19. The van der Waals surface area contributed by atoms with Crippen LogP contribution in [0, 0.1) is 19.8 Å². The molecule has 1 atom stereocenters. The third-order valence-electron chi connectivity index (χ3n) is 5.42. The van der Waals surface area contributed by atoms with Crippen molar-refractivity contribution in [3.05, 3.63) is 59.2 Å². The zero-order valence-electron chi connectivity index (χ0n) is 17.8. The molecule has 0 radical (unpaired) electrons. The van der Waals surface area contributed by atoms with Crippen LogP contribution in [0.15, 0.2) is 42.5 Å². The van der Waals surface area contributed by atoms with Crippen molar-refractivity contribution < 1.29 is 14.4 Å². The number of hydrogen-bond donors (Lipinski definition) is 2. The molecule has 1 aliphatic rings. The topological polar surface area (TPSA) is 78.5 Å². The molecular weight excluding hydrogens is 378 g/mol. The Kier molecular flexibility index (Phi) is 6.87. The van der Waals surface area contributed by atoms with E-state index >= 15 is 0 Å². The molecule has 1 aliphatic heterocycles. The molecule has 2 aromatic rings. The molecule has 6 nitrogen and oxygen atoms in total. The highest BCUT2D eigenvalue weighted by molar-refractivity contribution is 6.05. The van der Waals surface area contributed by atoms with Gasteiger partial charge in [-0.3, -0.25) is 14.4 Å². The van der Waals surface area contributed by atoms with Crippen LogP contribution in [-0.2, 0) is 9.59 Å². The number of carbonyl (C=O) groups is 3. The standard InChI is InChI=1S/C24H29N3O3/c1-4-5-12-27-15-19(14-22(27)28)24(30)25-20-10-8-18(9-11-20)23(29)26-21-13-16(2)6-7-17(21)3/h6-11,13,19H,4-5,12,14-15H2,1-3H3,(H,25,30)(H,26,29)/t19-/m1/s1. The number of benzene rings is 2. The van der Waals surface area contributed by atoms with E-state index in [0.29, 0.717) is 24.3 Å². The summed E-state index contributed by atoms with van der Waals surface area (Å²) in [6.07, 6.45) is 2.22. The minimum absolute atomic E-state index is 0.0436. The van der Waals surface area contributed by atoms with Crippen molar-refractivity contribution in [2.45, 2.75) is 40.0 Å². The number of hydrogen-bond acceptors (Lipinski definition) is 3. The van der Waals surface area contributed by atoms with Gasteiger partial charge in [0.1, 0.15) is 0 Å². The fourth-order valence-corrected chi connectivity index (χ4v) is 3.53. The molecule has 3 amide bonds. The molecule has 1 heterocycles. The molecule has 2 aromatic carbocycles. The highest BCUT2D eigenvalue weighted by Crippen LogP contribution is 2.21. The lowest BCUT2D eigenvalue weighted by Gasteiger charge is -2.16. The number of unbranched alkanes of at least 4 members (excludes halogenated alkanes) is 1. The lowest BCUT2D eigenvalue weighted by atomic mass is 10.1. The van der Waals surface area contributed by atoms with E-state index in [2.05, 4.69) is 17.6 Å². The Morgan fingerprint density at radius 3 is 2.50 bits per heavy atom. The zero-order valence-corrected chi connectivity index (χ0v) is 17.8. The van der Waals surface area contributed by atoms with Crippen LogP contribution in [0.25, 0.3) is 0 Å². The summed E-state index contributed by atoms with van der Waals surface area (Å²) >= 11 is 0. The van der Waals surface area contributed by atoms with Crippen LogP contribution in [0.4, 0.5) is 11.4 Å². The Morgan fingerprint density at radius 2 is 1.80 bits per heavy atom. The van der Waals surface area contributed by atoms with E-state index in [1.807, 2.05) is 32.0 Å². The number of nitrogens with zero attached hydrogens (tertiary/aromatic N) is 1. The fraction of sp³-hybridized carbons (Fsp3) is 0.375. The molecule has 1 saturated heterocycles. The van der Waals surface area contributed by atoms with E-state index < -0.39 is 0 Å². The van der Waals surface area contributed by atoms with Crippen LogP contribution in [0.5, 0.6) is 0 Å². The number of anilines is 2. The molecule has 0 bridgehead atoms. The predicted molar refractivity (Wildman–Crippen MR) is 119 cm³/mol. The molecule has 0 aliphatic carbocycles. The zero-order chi connectivity index (χ0) is 21.7. The van der Waals surface area contributed by atoms with Gasteiger partial charge in [0.25, 0.3) is 5.91 Å². The highest BCUT2D eigenvalue weighted by Gasteiger charge is 2.33. The van der Waals surface area contributed by atoms with Gasteiger partial charge in [0.15, 0.2) is 0 Å². The van der Waals surface area contributed by atoms with Crippen LogP contribution < -0.4 is 10.6 Å². The molecule has 0 saturated carbocycles. The second-order valence-electron chi connectivity index (χ2n) is 7.93. The Balaban J connectivity index is 1.58. The van der Waals surface area contributed by atoms with Gasteiger partial charge >= 0.3 is 0 Å². The maximum absolute atomic E-state index is 12.5. The maximum Gasteiger partial charge on any atom is 0.255 e. The van der Waals surface area contributed by atoms with E-state index in [0.717, 1.165) is 29.7 Å². The molecule has 3 rings (SSSR count). The van der Waals surface area contributed by atoms with Gasteiger partial charge in [-0.05, 0) is 61.7 Å². The van der Waals surface area contributed by atoms with Gasteiger partial charge in [0.05, 0.1) is 5.92 Å². The average molecular weight is 408 g/mol. The third kappa shape index (κ3) is 5.26. The number of nitrogens with one attached hydrogen (secondary N) is 2. The first kappa shape index (κ1) is 21.6. The van der Waals surface area contributed by atoms with Crippen LogP contribution >= 0.6 is 0 Å². The molecular formula is C24H29N3O3. The molecule has 1 fully saturated rings. The quantitative estimate of drug-likeness (QED) is 0.724. The molecule has 0 unspecified atom stereocenters. The lowest BCUT2D eigenvalue weighted by molar-refractivity contribution is -0.128. The Morgan fingerprint density at radius 1 is 1.07 bits per heavy atom. The summed E-state index contributed by atoms with van der Waals surface area (Å²) < 4.78 is 0. The average Bonchev–Trinajstić information content (AvgIpc) is 3.10. The number of aryl methyl sites for hydroxylation is 2. The van der Waals surface area contributed by atoms with E-state index in [9.17, 15) is 14.4 Å². The van der Waals surface area contributed by atoms with Gasteiger partial charge in [0, 0.05) is 36.4 Å². The van der Waals surface area contributed by atoms with Gasteiger partial charge in [-0.15, -0.1) is 0 Å². The number of likely N-dealkylation sites (tertiary alicyclic amines) is 1. The molecule has 158 valence electrons. The van der Waals surface area contributed by atoms with Gasteiger partial charge in [-0.1, -0.05) is 25.5 Å². The smallest absolute Gasteiger partial charge is 0.255 e. The summed E-state index contributed by atoms with van der Waals surface area (Å²) in [5, 5.41) is 5.79. The summed E-state index contributed by atoms with van der Waals surface area (Å²) in [5.41, 5.74) is 3.99. The number of carbonyl (C=O) groups excluding carboxylic acids is 3. The normalized spacial score (nSPS) is 15.9. The second kappa shape index (κ2) is 9.57. The summed E-state index contributed by atoms with van der Waals surface area (Å²) in [7, 11) is 0. The van der Waals surface area contributed by atoms with Gasteiger partial charge in [-0.2, -0.15) is 0 Å². The largest absolute Gasteiger partial charge is 0.342 e. The van der Waals surface area contributed by atoms with E-state index in [4.69, 9.17) is 0 Å². The monoisotopic (exact) mass is 407 g/mol. The fourth-order valence-electron chi connectivity index (χ4n) is 3.53. The lowest BCUT2D eigenvalue weighted by Crippen LogP contribution is -2.29. The number of amides is 3. The Hall–Kier alpha value is -3.15. The summed E-state index contributed by atoms with van der Waals surface area (Å²) in [6, 6.07) is 12.7. The van der Waals surface area contributed by atoms with Crippen molar-refractivity contribution in [3.8, 4) is 0 Å². The highest BCUT2D eigenvalue weighted by atomic mass is 16.2. The minimum Gasteiger partial charge on any atom is -0.342 e. The van der Waals surface area contributed by atoms with Crippen molar-refractivity contribution in [3.63, 3.8) is 0 Å². The molecule has 0 spiro atoms. The van der Waals surface area contributed by atoms with Crippen molar-refractivity contribution in [2.75, 3.05) is 23.7 Å². The second-order valence-corrected chi connectivity index (χ2v) is 7.93. The Bertz CT molecular complexity index is 937. The van der Waals surface area contributed by atoms with Crippen molar-refractivity contribution in [2.24, 2.45) is 5.92 Å². The van der Waals surface area contributed by atoms with Gasteiger partial charge < -0.3 is 15.5 Å².